The summed E-state index contributed by atoms with van der Waals surface area (Å²) in [5, 5.41) is 19.3. The first-order valence-electron chi connectivity index (χ1n) is 6.89. The van der Waals surface area contributed by atoms with Gasteiger partial charge in [0.2, 0.25) is 0 Å². The molecule has 0 bridgehead atoms. The molecule has 0 saturated heterocycles. The Morgan fingerprint density at radius 1 is 1.05 bits per heavy atom. The van der Waals surface area contributed by atoms with Crippen LogP contribution in [-0.2, 0) is 12.0 Å². The maximum atomic E-state index is 10.5. The first-order chi connectivity index (χ1) is 9.62. The number of aliphatic hydroxyl groups is 1. The maximum absolute atomic E-state index is 10.5. The van der Waals surface area contributed by atoms with Gasteiger partial charge in [-0.15, -0.1) is 0 Å². The van der Waals surface area contributed by atoms with Crippen LogP contribution in [0.5, 0.6) is 0 Å². The van der Waals surface area contributed by atoms with Gasteiger partial charge in [-0.05, 0) is 49.4 Å². The van der Waals surface area contributed by atoms with E-state index in [4.69, 9.17) is 5.26 Å². The first-order valence-corrected chi connectivity index (χ1v) is 6.89. The lowest BCUT2D eigenvalue weighted by Crippen LogP contribution is -2.21. The lowest BCUT2D eigenvalue weighted by Gasteiger charge is -2.24. The second-order valence-corrected chi connectivity index (χ2v) is 5.30. The van der Waals surface area contributed by atoms with E-state index in [1.165, 1.54) is 5.56 Å². The van der Waals surface area contributed by atoms with Gasteiger partial charge in [-0.1, -0.05) is 42.5 Å². The molecular weight excluding hydrogens is 246 g/mol. The van der Waals surface area contributed by atoms with Crippen LogP contribution in [0.25, 0.3) is 0 Å². The number of rotatable bonds is 5. The van der Waals surface area contributed by atoms with Crippen molar-refractivity contribution < 1.29 is 5.11 Å². The van der Waals surface area contributed by atoms with Gasteiger partial charge in [0.05, 0.1) is 17.2 Å². The molecule has 2 aromatic carbocycles. The number of nitrogens with zero attached hydrogens (tertiary/aromatic N) is 1. The van der Waals surface area contributed by atoms with Crippen LogP contribution in [0.15, 0.2) is 54.6 Å². The summed E-state index contributed by atoms with van der Waals surface area (Å²) in [6.45, 7) is 1.83. The monoisotopic (exact) mass is 265 g/mol. The van der Waals surface area contributed by atoms with Crippen molar-refractivity contribution in [3.63, 3.8) is 0 Å². The van der Waals surface area contributed by atoms with Gasteiger partial charge < -0.3 is 5.11 Å². The highest BCUT2D eigenvalue weighted by molar-refractivity contribution is 5.33. The Balaban J connectivity index is 1.94. The number of benzene rings is 2. The van der Waals surface area contributed by atoms with Crippen molar-refractivity contribution in [2.45, 2.75) is 31.8 Å². The van der Waals surface area contributed by atoms with Crippen LogP contribution in [-0.4, -0.2) is 5.11 Å². The summed E-state index contributed by atoms with van der Waals surface area (Å²) in [5.74, 6) is 0. The summed E-state index contributed by atoms with van der Waals surface area (Å²) in [6.07, 6.45) is 2.60. The van der Waals surface area contributed by atoms with Crippen LogP contribution in [0.4, 0.5) is 0 Å². The topological polar surface area (TPSA) is 44.0 Å². The van der Waals surface area contributed by atoms with Gasteiger partial charge in [0.1, 0.15) is 0 Å². The SMILES string of the molecule is CC(O)(CCCc1ccccc1)c1ccc(C#N)cc1. The van der Waals surface area contributed by atoms with Crippen molar-refractivity contribution >= 4 is 0 Å². The van der Waals surface area contributed by atoms with E-state index in [0.29, 0.717) is 12.0 Å². The molecule has 1 unspecified atom stereocenters. The second-order valence-electron chi connectivity index (χ2n) is 5.30. The zero-order valence-electron chi connectivity index (χ0n) is 11.7. The number of nitriles is 1. The molecule has 2 heteroatoms. The fourth-order valence-electron chi connectivity index (χ4n) is 2.33. The summed E-state index contributed by atoms with van der Waals surface area (Å²) in [6, 6.07) is 19.6. The highest BCUT2D eigenvalue weighted by Crippen LogP contribution is 2.26. The molecule has 0 aliphatic carbocycles. The number of hydrogen-bond donors (Lipinski definition) is 1. The van der Waals surface area contributed by atoms with Crippen LogP contribution in [0, 0.1) is 11.3 Å². The third kappa shape index (κ3) is 3.69. The third-order valence-electron chi connectivity index (χ3n) is 3.61. The summed E-state index contributed by atoms with van der Waals surface area (Å²) in [5.41, 5.74) is 1.93. The molecule has 0 aliphatic heterocycles. The summed E-state index contributed by atoms with van der Waals surface area (Å²) < 4.78 is 0. The molecule has 0 heterocycles. The van der Waals surface area contributed by atoms with Crippen molar-refractivity contribution in [3.8, 4) is 6.07 Å². The third-order valence-corrected chi connectivity index (χ3v) is 3.61. The molecule has 0 aromatic heterocycles. The Morgan fingerprint density at radius 2 is 1.70 bits per heavy atom. The lowest BCUT2D eigenvalue weighted by molar-refractivity contribution is 0.0457. The molecule has 0 fully saturated rings. The molecule has 0 aliphatic rings. The Labute approximate surface area is 120 Å². The van der Waals surface area contributed by atoms with Crippen molar-refractivity contribution in [1.29, 1.82) is 5.26 Å². The van der Waals surface area contributed by atoms with Crippen LogP contribution in [0.3, 0.4) is 0 Å². The largest absolute Gasteiger partial charge is 0.385 e. The van der Waals surface area contributed by atoms with E-state index >= 15 is 0 Å². The van der Waals surface area contributed by atoms with Gasteiger partial charge in [0.15, 0.2) is 0 Å². The summed E-state index contributed by atoms with van der Waals surface area (Å²) in [4.78, 5) is 0. The molecule has 1 N–H and O–H groups in total. The molecule has 2 nitrogen and oxygen atoms in total. The second kappa shape index (κ2) is 6.36. The normalized spacial score (nSPS) is 13.4. The molecule has 20 heavy (non-hydrogen) atoms. The van der Waals surface area contributed by atoms with Gasteiger partial charge in [-0.3, -0.25) is 0 Å². The van der Waals surface area contributed by atoms with Gasteiger partial charge >= 0.3 is 0 Å². The molecule has 0 spiro atoms. The molecular formula is C18H19NO. The zero-order valence-corrected chi connectivity index (χ0v) is 11.7. The predicted octanol–water partition coefficient (Wildman–Crippen LogP) is 3.79. The molecule has 0 radical (unpaired) electrons. The molecule has 1 atom stereocenters. The van der Waals surface area contributed by atoms with Gasteiger partial charge in [-0.2, -0.15) is 5.26 Å². The minimum Gasteiger partial charge on any atom is -0.385 e. The maximum Gasteiger partial charge on any atom is 0.0991 e. The smallest absolute Gasteiger partial charge is 0.0991 e. The van der Waals surface area contributed by atoms with Gasteiger partial charge in [0, 0.05) is 0 Å². The molecule has 2 rings (SSSR count). The van der Waals surface area contributed by atoms with Crippen LogP contribution in [0.1, 0.15) is 36.5 Å². The average molecular weight is 265 g/mol. The molecule has 102 valence electrons. The molecule has 0 amide bonds. The van der Waals surface area contributed by atoms with Crippen molar-refractivity contribution in [1.82, 2.24) is 0 Å². The fraction of sp³-hybridized carbons (Fsp3) is 0.278. The molecule has 0 saturated carbocycles. The minimum atomic E-state index is -0.844. The highest BCUT2D eigenvalue weighted by atomic mass is 16.3. The number of hydrogen-bond acceptors (Lipinski definition) is 2. The Kier molecular flexibility index (Phi) is 4.55. The van der Waals surface area contributed by atoms with Crippen LogP contribution < -0.4 is 0 Å². The number of aryl methyl sites for hydroxylation is 1. The Hall–Kier alpha value is -2.11. The van der Waals surface area contributed by atoms with E-state index in [1.54, 1.807) is 12.1 Å². The summed E-state index contributed by atoms with van der Waals surface area (Å²) in [7, 11) is 0. The standard InChI is InChI=1S/C18H19NO/c1-18(20,17-11-9-16(14-19)10-12-17)13-5-8-15-6-3-2-4-7-15/h2-4,6-7,9-12,20H,5,8,13H2,1H3. The van der Waals surface area contributed by atoms with Crippen molar-refractivity contribution in [2.75, 3.05) is 0 Å². The van der Waals surface area contributed by atoms with Crippen molar-refractivity contribution in [3.05, 3.63) is 71.3 Å². The van der Waals surface area contributed by atoms with Gasteiger partial charge in [0.25, 0.3) is 0 Å². The minimum absolute atomic E-state index is 0.619. The Bertz CT molecular complexity index is 579. The van der Waals surface area contributed by atoms with Gasteiger partial charge in [-0.25, -0.2) is 0 Å². The zero-order chi connectivity index (χ0) is 14.4. The van der Waals surface area contributed by atoms with E-state index in [-0.39, 0.29) is 0 Å². The summed E-state index contributed by atoms with van der Waals surface area (Å²) >= 11 is 0. The van der Waals surface area contributed by atoms with E-state index in [0.717, 1.165) is 18.4 Å². The fourth-order valence-corrected chi connectivity index (χ4v) is 2.33. The van der Waals surface area contributed by atoms with Crippen LogP contribution in [0.2, 0.25) is 0 Å². The molecule has 2 aromatic rings. The quantitative estimate of drug-likeness (QED) is 0.894. The first kappa shape index (κ1) is 14.3. The Morgan fingerprint density at radius 3 is 2.30 bits per heavy atom. The lowest BCUT2D eigenvalue weighted by atomic mass is 9.89. The highest BCUT2D eigenvalue weighted by Gasteiger charge is 2.22. The van der Waals surface area contributed by atoms with E-state index in [2.05, 4.69) is 18.2 Å². The van der Waals surface area contributed by atoms with Crippen molar-refractivity contribution in [2.24, 2.45) is 0 Å². The van der Waals surface area contributed by atoms with Crippen LogP contribution >= 0.6 is 0 Å². The van der Waals surface area contributed by atoms with E-state index in [9.17, 15) is 5.11 Å². The average Bonchev–Trinajstić information content (AvgIpc) is 2.48. The predicted molar refractivity (Wildman–Crippen MR) is 80.1 cm³/mol. The van der Waals surface area contributed by atoms with E-state index < -0.39 is 5.60 Å². The van der Waals surface area contributed by atoms with E-state index in [1.807, 2.05) is 37.3 Å².